The number of methoxy groups -OCH3 is 1. The molecule has 0 spiro atoms. The number of carbonyl (C=O) groups is 2. The molecule has 0 heterocycles. The minimum atomic E-state index is -1.19. The molecule has 0 aliphatic rings. The molecule has 0 radical (unpaired) electrons. The van der Waals surface area contributed by atoms with Crippen LogP contribution < -0.4 is 14.8 Å². The van der Waals surface area contributed by atoms with Gasteiger partial charge in [0, 0.05) is 0 Å². The molecule has 0 bridgehead atoms. The molecule has 0 saturated carbocycles. The summed E-state index contributed by atoms with van der Waals surface area (Å²) in [6.07, 6.45) is 0. The van der Waals surface area contributed by atoms with Gasteiger partial charge in [-0.15, -0.1) is 0 Å². The van der Waals surface area contributed by atoms with Gasteiger partial charge in [-0.1, -0.05) is 6.07 Å². The number of carbonyl (C=O) groups excluding carboxylic acids is 1. The van der Waals surface area contributed by atoms with Crippen LogP contribution in [0.5, 0.6) is 11.5 Å². The number of hydrogen-bond donors (Lipinski definition) is 2. The number of ether oxygens (including phenoxy) is 2. The zero-order valence-corrected chi connectivity index (χ0v) is 10.2. The van der Waals surface area contributed by atoms with E-state index in [9.17, 15) is 9.59 Å². The lowest BCUT2D eigenvalue weighted by atomic mass is 10.2. The van der Waals surface area contributed by atoms with Gasteiger partial charge in [-0.05, 0) is 12.1 Å². The van der Waals surface area contributed by atoms with Gasteiger partial charge in [0.1, 0.15) is 12.1 Å². The van der Waals surface area contributed by atoms with E-state index in [1.807, 2.05) is 0 Å². The van der Waals surface area contributed by atoms with Crippen LogP contribution in [0.3, 0.4) is 0 Å². The lowest BCUT2D eigenvalue weighted by Crippen LogP contribution is -2.29. The molecule has 0 atom stereocenters. The van der Waals surface area contributed by atoms with E-state index in [1.54, 1.807) is 6.07 Å². The summed E-state index contributed by atoms with van der Waals surface area (Å²) in [6, 6.07) is 6.11. The number of nitrogens with zero attached hydrogens (tertiary/aromatic N) is 1. The van der Waals surface area contributed by atoms with Crippen LogP contribution in [0.2, 0.25) is 0 Å². The molecule has 1 rings (SSSR count). The Balaban J connectivity index is 2.84. The molecule has 0 aliphatic heterocycles. The lowest BCUT2D eigenvalue weighted by Gasteiger charge is -2.12. The fourth-order valence-corrected chi connectivity index (χ4v) is 1.32. The first kappa shape index (κ1) is 14.3. The molecule has 1 aromatic rings. The van der Waals surface area contributed by atoms with Gasteiger partial charge >= 0.3 is 5.97 Å². The Morgan fingerprint density at radius 2 is 2.21 bits per heavy atom. The fraction of sp³-hybridized carbons (Fsp3) is 0.250. The van der Waals surface area contributed by atoms with Crippen LogP contribution in [0, 0.1) is 11.3 Å². The SMILES string of the molecule is COc1cccc(C(=O)O)c1OCC(=O)NCC#N. The van der Waals surface area contributed by atoms with Crippen LogP contribution in [0.25, 0.3) is 0 Å². The zero-order valence-electron chi connectivity index (χ0n) is 10.2. The van der Waals surface area contributed by atoms with E-state index in [0.29, 0.717) is 0 Å². The molecule has 0 aromatic heterocycles. The van der Waals surface area contributed by atoms with E-state index in [0.717, 1.165) is 0 Å². The van der Waals surface area contributed by atoms with Crippen molar-refractivity contribution in [2.24, 2.45) is 0 Å². The number of nitrogens with one attached hydrogen (secondary N) is 1. The highest BCUT2D eigenvalue weighted by atomic mass is 16.5. The number of benzene rings is 1. The average Bonchev–Trinajstić information content (AvgIpc) is 2.42. The minimum absolute atomic E-state index is 0.0235. The first-order chi connectivity index (χ1) is 9.10. The third-order valence-electron chi connectivity index (χ3n) is 2.14. The first-order valence-corrected chi connectivity index (χ1v) is 5.27. The first-order valence-electron chi connectivity index (χ1n) is 5.27. The van der Waals surface area contributed by atoms with Crippen molar-refractivity contribution in [1.29, 1.82) is 5.26 Å². The van der Waals surface area contributed by atoms with Crippen molar-refractivity contribution in [2.75, 3.05) is 20.3 Å². The Morgan fingerprint density at radius 3 is 2.79 bits per heavy atom. The van der Waals surface area contributed by atoms with Gasteiger partial charge in [-0.3, -0.25) is 4.79 Å². The van der Waals surface area contributed by atoms with Crippen LogP contribution in [0.1, 0.15) is 10.4 Å². The van der Waals surface area contributed by atoms with Gasteiger partial charge in [0.2, 0.25) is 0 Å². The predicted octanol–water partition coefficient (Wildman–Crippen LogP) is 0.412. The van der Waals surface area contributed by atoms with Crippen LogP contribution in [0.15, 0.2) is 18.2 Å². The van der Waals surface area contributed by atoms with Crippen molar-refractivity contribution >= 4 is 11.9 Å². The fourth-order valence-electron chi connectivity index (χ4n) is 1.32. The van der Waals surface area contributed by atoms with Crippen molar-refractivity contribution in [1.82, 2.24) is 5.32 Å². The van der Waals surface area contributed by atoms with E-state index < -0.39 is 18.5 Å². The lowest BCUT2D eigenvalue weighted by molar-refractivity contribution is -0.122. The third-order valence-corrected chi connectivity index (χ3v) is 2.14. The maximum Gasteiger partial charge on any atom is 0.339 e. The van der Waals surface area contributed by atoms with Gasteiger partial charge < -0.3 is 19.9 Å². The molecule has 0 unspecified atom stereocenters. The Morgan fingerprint density at radius 1 is 1.47 bits per heavy atom. The van der Waals surface area contributed by atoms with Crippen LogP contribution in [-0.2, 0) is 4.79 Å². The smallest absolute Gasteiger partial charge is 0.339 e. The summed E-state index contributed by atoms with van der Waals surface area (Å²) in [4.78, 5) is 22.3. The molecular formula is C12H12N2O5. The Kier molecular flexibility index (Phi) is 5.17. The molecule has 1 aromatic carbocycles. The number of carboxylic acids is 1. The highest BCUT2D eigenvalue weighted by Gasteiger charge is 2.17. The second-order valence-corrected chi connectivity index (χ2v) is 3.37. The number of carboxylic acid groups (broad SMARTS) is 1. The molecule has 19 heavy (non-hydrogen) atoms. The molecule has 7 heteroatoms. The molecule has 0 fully saturated rings. The number of para-hydroxylation sites is 1. The maximum atomic E-state index is 11.3. The maximum absolute atomic E-state index is 11.3. The zero-order chi connectivity index (χ0) is 14.3. The second kappa shape index (κ2) is 6.86. The second-order valence-electron chi connectivity index (χ2n) is 3.37. The standard InChI is InChI=1S/C12H12N2O5/c1-18-9-4-2-3-8(12(16)17)11(9)19-7-10(15)14-6-5-13/h2-4H,6-7H2,1H3,(H,14,15)(H,16,17). The summed E-state index contributed by atoms with van der Waals surface area (Å²) in [5, 5.41) is 19.6. The van der Waals surface area contributed by atoms with E-state index in [1.165, 1.54) is 25.3 Å². The highest BCUT2D eigenvalue weighted by Crippen LogP contribution is 2.30. The minimum Gasteiger partial charge on any atom is -0.493 e. The topological polar surface area (TPSA) is 109 Å². The van der Waals surface area contributed by atoms with Crippen molar-refractivity contribution in [3.63, 3.8) is 0 Å². The van der Waals surface area contributed by atoms with Crippen LogP contribution in [-0.4, -0.2) is 37.2 Å². The van der Waals surface area contributed by atoms with Crippen LogP contribution >= 0.6 is 0 Å². The van der Waals surface area contributed by atoms with Gasteiger partial charge in [0.05, 0.1) is 13.2 Å². The van der Waals surface area contributed by atoms with Crippen molar-refractivity contribution in [2.45, 2.75) is 0 Å². The Bertz CT molecular complexity index is 521. The average molecular weight is 264 g/mol. The quantitative estimate of drug-likeness (QED) is 0.720. The van der Waals surface area contributed by atoms with E-state index in [2.05, 4.69) is 5.32 Å². The van der Waals surface area contributed by atoms with Crippen LogP contribution in [0.4, 0.5) is 0 Å². The van der Waals surface area contributed by atoms with Gasteiger partial charge in [-0.2, -0.15) is 5.26 Å². The summed E-state index contributed by atoms with van der Waals surface area (Å²) >= 11 is 0. The summed E-state index contributed by atoms with van der Waals surface area (Å²) in [5.41, 5.74) is -0.104. The number of rotatable bonds is 6. The molecule has 7 nitrogen and oxygen atoms in total. The van der Waals surface area contributed by atoms with Gasteiger partial charge in [0.25, 0.3) is 5.91 Å². The predicted molar refractivity (Wildman–Crippen MR) is 64.1 cm³/mol. The highest BCUT2D eigenvalue weighted by molar-refractivity contribution is 5.92. The Labute approximate surface area is 109 Å². The van der Waals surface area contributed by atoms with E-state index in [4.69, 9.17) is 19.8 Å². The summed E-state index contributed by atoms with van der Waals surface area (Å²) in [7, 11) is 1.36. The molecule has 1 amide bonds. The summed E-state index contributed by atoms with van der Waals surface area (Å²) < 4.78 is 10.1. The van der Waals surface area contributed by atoms with E-state index >= 15 is 0 Å². The van der Waals surface area contributed by atoms with Crippen molar-refractivity contribution in [3.8, 4) is 17.6 Å². The number of aromatic carboxylic acids is 1. The monoisotopic (exact) mass is 264 g/mol. The normalized spacial score (nSPS) is 9.26. The largest absolute Gasteiger partial charge is 0.493 e. The Hall–Kier alpha value is -2.75. The number of amides is 1. The number of nitriles is 1. The van der Waals surface area contributed by atoms with Crippen molar-refractivity contribution in [3.05, 3.63) is 23.8 Å². The summed E-state index contributed by atoms with van der Waals surface area (Å²) in [5.74, 6) is -1.52. The summed E-state index contributed by atoms with van der Waals surface area (Å²) in [6.45, 7) is -0.539. The van der Waals surface area contributed by atoms with Crippen molar-refractivity contribution < 1.29 is 24.2 Å². The molecule has 2 N–H and O–H groups in total. The van der Waals surface area contributed by atoms with Gasteiger partial charge in [0.15, 0.2) is 18.1 Å². The molecular weight excluding hydrogens is 252 g/mol. The van der Waals surface area contributed by atoms with E-state index in [-0.39, 0.29) is 23.6 Å². The molecule has 100 valence electrons. The number of hydrogen-bond acceptors (Lipinski definition) is 5. The molecule has 0 saturated heterocycles. The van der Waals surface area contributed by atoms with Gasteiger partial charge in [-0.25, -0.2) is 4.79 Å². The molecule has 0 aliphatic carbocycles. The third kappa shape index (κ3) is 3.89.